The van der Waals surface area contributed by atoms with E-state index in [0.717, 1.165) is 35.3 Å². The van der Waals surface area contributed by atoms with Crippen molar-refractivity contribution in [2.75, 3.05) is 13.1 Å². The second-order valence-electron chi connectivity index (χ2n) is 4.60. The van der Waals surface area contributed by atoms with Gasteiger partial charge in [-0.3, -0.25) is 9.69 Å². The molecule has 0 aromatic carbocycles. The summed E-state index contributed by atoms with van der Waals surface area (Å²) in [5, 5.41) is 8.56. The van der Waals surface area contributed by atoms with Crippen LogP contribution < -0.4 is 5.73 Å². The summed E-state index contributed by atoms with van der Waals surface area (Å²) < 4.78 is 0. The van der Waals surface area contributed by atoms with Crippen molar-refractivity contribution in [3.8, 4) is 0 Å². The molecule has 102 valence electrons. The molecule has 0 aliphatic carbocycles. The Bertz CT molecular complexity index is 510. The van der Waals surface area contributed by atoms with E-state index in [4.69, 9.17) is 10.8 Å². The van der Waals surface area contributed by atoms with E-state index in [2.05, 4.69) is 4.90 Å². The number of carbonyl (C=O) groups excluding carboxylic acids is 1. The van der Waals surface area contributed by atoms with Crippen LogP contribution in [0.1, 0.15) is 16.2 Å². The largest absolute Gasteiger partial charge is 0.478 e. The van der Waals surface area contributed by atoms with Crippen molar-refractivity contribution in [1.29, 1.82) is 0 Å². The van der Waals surface area contributed by atoms with Gasteiger partial charge in [0.2, 0.25) is 5.91 Å². The van der Waals surface area contributed by atoms with Crippen LogP contribution in [0, 0.1) is 5.92 Å². The van der Waals surface area contributed by atoms with Gasteiger partial charge < -0.3 is 10.8 Å². The van der Waals surface area contributed by atoms with Crippen molar-refractivity contribution in [2.24, 2.45) is 11.7 Å². The lowest BCUT2D eigenvalue weighted by molar-refractivity contribution is -0.131. The smallest absolute Gasteiger partial charge is 0.328 e. The van der Waals surface area contributed by atoms with Crippen LogP contribution in [-0.2, 0) is 16.1 Å². The normalized spacial score (nSPS) is 20.1. The molecule has 5 nitrogen and oxygen atoms in total. The predicted octanol–water partition coefficient (Wildman–Crippen LogP) is 1.15. The van der Waals surface area contributed by atoms with Crippen molar-refractivity contribution in [1.82, 2.24) is 4.90 Å². The van der Waals surface area contributed by atoms with E-state index in [9.17, 15) is 9.59 Å². The topological polar surface area (TPSA) is 83.6 Å². The molecule has 2 heterocycles. The average Bonchev–Trinajstić information content (AvgIpc) is 2.96. The Hall–Kier alpha value is -1.66. The average molecular weight is 280 g/mol. The lowest BCUT2D eigenvalue weighted by Gasteiger charge is -2.13. The van der Waals surface area contributed by atoms with Crippen LogP contribution in [-0.4, -0.2) is 35.0 Å². The Morgan fingerprint density at radius 1 is 1.53 bits per heavy atom. The van der Waals surface area contributed by atoms with E-state index in [1.807, 2.05) is 12.1 Å². The fourth-order valence-corrected chi connectivity index (χ4v) is 3.11. The number of carbonyl (C=O) groups is 2. The summed E-state index contributed by atoms with van der Waals surface area (Å²) in [7, 11) is 0. The van der Waals surface area contributed by atoms with E-state index in [0.29, 0.717) is 6.54 Å². The minimum atomic E-state index is -0.946. The summed E-state index contributed by atoms with van der Waals surface area (Å²) in [6.45, 7) is 2.38. The summed E-state index contributed by atoms with van der Waals surface area (Å²) in [5.41, 5.74) is 5.30. The highest BCUT2D eigenvalue weighted by molar-refractivity contribution is 7.12. The highest BCUT2D eigenvalue weighted by Gasteiger charge is 2.26. The minimum Gasteiger partial charge on any atom is -0.478 e. The standard InChI is InChI=1S/C13H16N2O3S/c14-13(18)9-5-6-15(7-9)8-11-2-1-10(19-11)3-4-12(16)17/h1-4,9H,5-8H2,(H2,14,18)(H,16,17)/b4-3+. The number of carboxylic acid groups (broad SMARTS) is 1. The first-order valence-corrected chi connectivity index (χ1v) is 6.87. The maximum atomic E-state index is 11.1. The number of aliphatic carboxylic acids is 1. The molecule has 1 fully saturated rings. The zero-order valence-corrected chi connectivity index (χ0v) is 11.2. The number of primary amides is 1. The summed E-state index contributed by atoms with van der Waals surface area (Å²) in [5.74, 6) is -1.20. The molecular formula is C13H16N2O3S. The fraction of sp³-hybridized carbons (Fsp3) is 0.385. The number of nitrogens with two attached hydrogens (primary N) is 1. The summed E-state index contributed by atoms with van der Waals surface area (Å²) in [6.07, 6.45) is 3.55. The number of carboxylic acids is 1. The van der Waals surface area contributed by atoms with Crippen LogP contribution in [0.2, 0.25) is 0 Å². The number of amides is 1. The van der Waals surface area contributed by atoms with Crippen LogP contribution in [0.25, 0.3) is 6.08 Å². The van der Waals surface area contributed by atoms with Crippen molar-refractivity contribution >= 4 is 29.3 Å². The van der Waals surface area contributed by atoms with E-state index in [1.54, 1.807) is 17.4 Å². The number of hydrogen-bond donors (Lipinski definition) is 2. The van der Waals surface area contributed by atoms with Gasteiger partial charge in [-0.05, 0) is 31.2 Å². The lowest BCUT2D eigenvalue weighted by Crippen LogP contribution is -2.27. The second kappa shape index (κ2) is 5.99. The van der Waals surface area contributed by atoms with Crippen LogP contribution in [0.4, 0.5) is 0 Å². The Balaban J connectivity index is 1.90. The van der Waals surface area contributed by atoms with Crippen LogP contribution in [0.15, 0.2) is 18.2 Å². The fourth-order valence-electron chi connectivity index (χ4n) is 2.15. The summed E-state index contributed by atoms with van der Waals surface area (Å²) >= 11 is 1.56. The van der Waals surface area contributed by atoms with Gasteiger partial charge in [-0.25, -0.2) is 4.79 Å². The summed E-state index contributed by atoms with van der Waals surface area (Å²) in [6, 6.07) is 3.89. The van der Waals surface area contributed by atoms with Gasteiger partial charge in [-0.1, -0.05) is 0 Å². The number of rotatable bonds is 5. The molecule has 1 aliphatic heterocycles. The van der Waals surface area contributed by atoms with Gasteiger partial charge in [0.1, 0.15) is 0 Å². The number of thiophene rings is 1. The van der Waals surface area contributed by atoms with Gasteiger partial charge in [0.15, 0.2) is 0 Å². The molecule has 1 saturated heterocycles. The quantitative estimate of drug-likeness (QED) is 0.793. The second-order valence-corrected chi connectivity index (χ2v) is 5.80. The molecule has 0 radical (unpaired) electrons. The van der Waals surface area contributed by atoms with Crippen molar-refractivity contribution in [3.05, 3.63) is 28.0 Å². The van der Waals surface area contributed by atoms with Crippen LogP contribution in [0.5, 0.6) is 0 Å². The number of nitrogens with zero attached hydrogens (tertiary/aromatic N) is 1. The monoisotopic (exact) mass is 280 g/mol. The van der Waals surface area contributed by atoms with Gasteiger partial charge in [0.25, 0.3) is 0 Å². The molecule has 1 unspecified atom stereocenters. The third-order valence-electron chi connectivity index (χ3n) is 3.13. The van der Waals surface area contributed by atoms with Crippen molar-refractivity contribution in [3.63, 3.8) is 0 Å². The first-order chi connectivity index (χ1) is 9.04. The molecule has 19 heavy (non-hydrogen) atoms. The Morgan fingerprint density at radius 2 is 2.32 bits per heavy atom. The van der Waals surface area contributed by atoms with E-state index >= 15 is 0 Å². The van der Waals surface area contributed by atoms with Gasteiger partial charge >= 0.3 is 5.97 Å². The maximum absolute atomic E-state index is 11.1. The van der Waals surface area contributed by atoms with Crippen molar-refractivity contribution in [2.45, 2.75) is 13.0 Å². The molecule has 1 aliphatic rings. The number of hydrogen-bond acceptors (Lipinski definition) is 4. The van der Waals surface area contributed by atoms with Gasteiger partial charge in [0, 0.05) is 28.9 Å². The molecule has 1 aromatic heterocycles. The molecule has 1 atom stereocenters. The first kappa shape index (κ1) is 13.8. The Morgan fingerprint density at radius 3 is 2.95 bits per heavy atom. The Kier molecular flexibility index (Phi) is 4.34. The molecule has 0 spiro atoms. The molecule has 0 saturated carbocycles. The third-order valence-corrected chi connectivity index (χ3v) is 4.16. The van der Waals surface area contributed by atoms with Crippen molar-refractivity contribution < 1.29 is 14.7 Å². The van der Waals surface area contributed by atoms with Gasteiger partial charge in [-0.15, -0.1) is 11.3 Å². The maximum Gasteiger partial charge on any atom is 0.328 e. The van der Waals surface area contributed by atoms with Crippen LogP contribution >= 0.6 is 11.3 Å². The van der Waals surface area contributed by atoms with Crippen LogP contribution in [0.3, 0.4) is 0 Å². The zero-order valence-electron chi connectivity index (χ0n) is 10.4. The highest BCUT2D eigenvalue weighted by atomic mass is 32.1. The zero-order chi connectivity index (χ0) is 13.8. The molecule has 3 N–H and O–H groups in total. The molecule has 0 bridgehead atoms. The number of likely N-dealkylation sites (tertiary alicyclic amines) is 1. The third kappa shape index (κ3) is 3.90. The molecule has 6 heteroatoms. The van der Waals surface area contributed by atoms with Gasteiger partial charge in [0.05, 0.1) is 5.92 Å². The molecule has 1 amide bonds. The molecule has 1 aromatic rings. The Labute approximate surface area is 115 Å². The minimum absolute atomic E-state index is 0.0358. The summed E-state index contributed by atoms with van der Waals surface area (Å²) in [4.78, 5) is 25.8. The lowest BCUT2D eigenvalue weighted by atomic mass is 10.1. The van der Waals surface area contributed by atoms with E-state index < -0.39 is 5.97 Å². The predicted molar refractivity (Wildman–Crippen MR) is 73.6 cm³/mol. The van der Waals surface area contributed by atoms with E-state index in [-0.39, 0.29) is 11.8 Å². The van der Waals surface area contributed by atoms with Gasteiger partial charge in [-0.2, -0.15) is 0 Å². The molecular weight excluding hydrogens is 264 g/mol. The van der Waals surface area contributed by atoms with E-state index in [1.165, 1.54) is 0 Å². The highest BCUT2D eigenvalue weighted by Crippen LogP contribution is 2.23. The SMILES string of the molecule is NC(=O)C1CCN(Cc2ccc(/C=C/C(=O)O)s2)C1. The molecule has 2 rings (SSSR count). The first-order valence-electron chi connectivity index (χ1n) is 6.06.